The molecule has 1 unspecified atom stereocenters. The summed E-state index contributed by atoms with van der Waals surface area (Å²) in [6.45, 7) is 1.49. The highest BCUT2D eigenvalue weighted by atomic mass is 32.2. The van der Waals surface area contributed by atoms with Gasteiger partial charge in [0, 0.05) is 30.3 Å². The molecule has 1 fully saturated rings. The zero-order valence-electron chi connectivity index (χ0n) is 22.8. The Morgan fingerprint density at radius 1 is 1.00 bits per heavy atom. The quantitative estimate of drug-likeness (QED) is 0.267. The van der Waals surface area contributed by atoms with Gasteiger partial charge in [-0.05, 0) is 66.1 Å². The van der Waals surface area contributed by atoms with Gasteiger partial charge in [0.2, 0.25) is 0 Å². The minimum absolute atomic E-state index is 0.00427. The third kappa shape index (κ3) is 7.86. The van der Waals surface area contributed by atoms with Crippen LogP contribution in [0.25, 0.3) is 0 Å². The Kier molecular flexibility index (Phi) is 9.88. The van der Waals surface area contributed by atoms with Gasteiger partial charge in [-0.3, -0.25) is 4.79 Å². The van der Waals surface area contributed by atoms with Crippen LogP contribution in [0.15, 0.2) is 77.7 Å². The molecule has 4 rings (SSSR count). The number of amides is 1. The second-order valence-electron chi connectivity index (χ2n) is 10.1. The predicted octanol–water partition coefficient (Wildman–Crippen LogP) is 6.07. The van der Waals surface area contributed by atoms with Gasteiger partial charge in [-0.15, -0.1) is 0 Å². The number of hydrogen-bond donors (Lipinski definition) is 1. The largest absolute Gasteiger partial charge is 0.416 e. The molecule has 1 aliphatic heterocycles. The number of anilines is 1. The average molecular weight is 611 g/mol. The van der Waals surface area contributed by atoms with Crippen molar-refractivity contribution in [2.45, 2.75) is 49.3 Å². The molecule has 0 aromatic heterocycles. The molecule has 226 valence electrons. The lowest BCUT2D eigenvalue weighted by Gasteiger charge is -2.27. The molecule has 1 amide bonds. The van der Waals surface area contributed by atoms with E-state index in [9.17, 15) is 35.2 Å². The third-order valence-electron chi connectivity index (χ3n) is 7.25. The van der Waals surface area contributed by atoms with E-state index in [1.807, 2.05) is 4.90 Å². The Hall–Kier alpha value is -3.51. The van der Waals surface area contributed by atoms with Crippen LogP contribution >= 0.6 is 0 Å². The molecular weight excluding hydrogens is 579 g/mol. The maximum atomic E-state index is 13.0. The Morgan fingerprint density at radius 3 is 2.21 bits per heavy atom. The van der Waals surface area contributed by atoms with E-state index < -0.39 is 34.6 Å². The zero-order chi connectivity index (χ0) is 30.5. The summed E-state index contributed by atoms with van der Waals surface area (Å²) in [7, 11) is -3.31. The maximum absolute atomic E-state index is 13.0. The Bertz CT molecular complexity index is 1450. The summed E-state index contributed by atoms with van der Waals surface area (Å²) < 4.78 is 93.5. The molecule has 0 spiro atoms. The molecule has 0 saturated carbocycles. The van der Waals surface area contributed by atoms with E-state index in [4.69, 9.17) is 4.74 Å². The van der Waals surface area contributed by atoms with E-state index in [2.05, 4.69) is 5.32 Å². The van der Waals surface area contributed by atoms with Crippen molar-refractivity contribution in [3.8, 4) is 0 Å². The van der Waals surface area contributed by atoms with Crippen LogP contribution in [-0.4, -0.2) is 52.3 Å². The Morgan fingerprint density at radius 2 is 1.64 bits per heavy atom. The Balaban J connectivity index is 1.42. The Labute approximate surface area is 241 Å². The molecule has 6 nitrogen and oxygen atoms in total. The van der Waals surface area contributed by atoms with Gasteiger partial charge in [0.05, 0.1) is 28.9 Å². The number of nitrogens with one attached hydrogen (secondary N) is 1. The fourth-order valence-corrected chi connectivity index (χ4v) is 5.82. The van der Waals surface area contributed by atoms with Crippen molar-refractivity contribution in [2.75, 3.05) is 30.4 Å². The number of rotatable bonds is 11. The number of alkyl halides is 5. The van der Waals surface area contributed by atoms with Crippen molar-refractivity contribution in [1.29, 1.82) is 0 Å². The molecule has 0 bridgehead atoms. The summed E-state index contributed by atoms with van der Waals surface area (Å²) in [6, 6.07) is 17.7. The number of carbonyl (C=O) groups is 1. The van der Waals surface area contributed by atoms with Crippen LogP contribution < -0.4 is 10.2 Å². The van der Waals surface area contributed by atoms with Crippen LogP contribution in [0.2, 0.25) is 0 Å². The fourth-order valence-electron chi connectivity index (χ4n) is 4.94. The molecule has 1 saturated heterocycles. The number of hydrogen-bond acceptors (Lipinski definition) is 5. The standard InChI is InChI=1S/C30H31F5N2O4S/c1-2-42(39,40)27-13-3-20(4-14-27)16-36-29(38)22-7-11-25(12-8-22)37-17-23(15-26(37)18-41-19-28(31)32)21-5-9-24(10-6-21)30(33,34)35/h3-14,23,26,28H,2,15-19H2,1H3,(H,36,38)/t23?,26-/m0/s1. The normalized spacial score (nSPS) is 17.5. The third-order valence-corrected chi connectivity index (χ3v) is 9.01. The van der Waals surface area contributed by atoms with E-state index in [1.165, 1.54) is 24.3 Å². The number of ether oxygens (including phenoxy) is 1. The number of halogens is 5. The summed E-state index contributed by atoms with van der Waals surface area (Å²) in [5.74, 6) is -0.489. The van der Waals surface area contributed by atoms with Crippen LogP contribution in [0.1, 0.15) is 46.3 Å². The van der Waals surface area contributed by atoms with Crippen LogP contribution in [0.3, 0.4) is 0 Å². The van der Waals surface area contributed by atoms with E-state index in [0.29, 0.717) is 24.1 Å². The predicted molar refractivity (Wildman–Crippen MR) is 149 cm³/mol. The molecular formula is C30H31F5N2O4S. The minimum atomic E-state index is -4.44. The van der Waals surface area contributed by atoms with E-state index >= 15 is 0 Å². The van der Waals surface area contributed by atoms with Gasteiger partial charge in [0.25, 0.3) is 12.3 Å². The smallest absolute Gasteiger partial charge is 0.373 e. The molecule has 1 N–H and O–H groups in total. The van der Waals surface area contributed by atoms with Crippen molar-refractivity contribution in [2.24, 2.45) is 0 Å². The van der Waals surface area contributed by atoms with Crippen molar-refractivity contribution >= 4 is 21.4 Å². The van der Waals surface area contributed by atoms with Crippen LogP contribution in [-0.2, 0) is 27.3 Å². The highest BCUT2D eigenvalue weighted by Gasteiger charge is 2.35. The summed E-state index contributed by atoms with van der Waals surface area (Å²) in [4.78, 5) is 14.9. The van der Waals surface area contributed by atoms with Crippen LogP contribution in [0, 0.1) is 0 Å². The second kappa shape index (κ2) is 13.2. The monoisotopic (exact) mass is 610 g/mol. The van der Waals surface area contributed by atoms with Crippen LogP contribution in [0.4, 0.5) is 27.6 Å². The van der Waals surface area contributed by atoms with Crippen molar-refractivity contribution in [1.82, 2.24) is 5.32 Å². The van der Waals surface area contributed by atoms with Gasteiger partial charge in [0.15, 0.2) is 9.84 Å². The number of carbonyl (C=O) groups excluding carboxylic acids is 1. The zero-order valence-corrected chi connectivity index (χ0v) is 23.6. The lowest BCUT2D eigenvalue weighted by Crippen LogP contribution is -2.33. The maximum Gasteiger partial charge on any atom is 0.416 e. The van der Waals surface area contributed by atoms with Crippen molar-refractivity contribution in [3.63, 3.8) is 0 Å². The van der Waals surface area contributed by atoms with Gasteiger partial charge in [0.1, 0.15) is 6.61 Å². The molecule has 2 atom stereocenters. The molecule has 42 heavy (non-hydrogen) atoms. The van der Waals surface area contributed by atoms with E-state index in [0.717, 1.165) is 23.4 Å². The first kappa shape index (κ1) is 31.4. The minimum Gasteiger partial charge on any atom is -0.373 e. The summed E-state index contributed by atoms with van der Waals surface area (Å²) in [5.41, 5.74) is 1.80. The van der Waals surface area contributed by atoms with Crippen molar-refractivity contribution < 1.29 is 39.9 Å². The van der Waals surface area contributed by atoms with Gasteiger partial charge in [-0.2, -0.15) is 13.2 Å². The molecule has 1 aliphatic rings. The molecule has 12 heteroatoms. The summed E-state index contributed by atoms with van der Waals surface area (Å²) in [6.07, 6.45) is -6.57. The fraction of sp³-hybridized carbons (Fsp3) is 0.367. The average Bonchev–Trinajstić information content (AvgIpc) is 3.39. The second-order valence-corrected chi connectivity index (χ2v) is 12.3. The lowest BCUT2D eigenvalue weighted by atomic mass is 9.95. The van der Waals surface area contributed by atoms with Crippen molar-refractivity contribution in [3.05, 3.63) is 95.1 Å². The number of nitrogens with zero attached hydrogens (tertiary/aromatic N) is 1. The van der Waals surface area contributed by atoms with E-state index in [1.54, 1.807) is 43.3 Å². The first-order chi connectivity index (χ1) is 19.9. The number of benzene rings is 3. The molecule has 0 aliphatic carbocycles. The van der Waals surface area contributed by atoms with Gasteiger partial charge >= 0.3 is 6.18 Å². The van der Waals surface area contributed by atoms with Gasteiger partial charge in [-0.25, -0.2) is 17.2 Å². The highest BCUT2D eigenvalue weighted by Crippen LogP contribution is 2.37. The molecule has 0 radical (unpaired) electrons. The molecule has 3 aromatic rings. The van der Waals surface area contributed by atoms with Gasteiger partial charge in [-0.1, -0.05) is 31.2 Å². The number of sulfone groups is 1. The van der Waals surface area contributed by atoms with Crippen LogP contribution in [0.5, 0.6) is 0 Å². The first-order valence-electron chi connectivity index (χ1n) is 13.4. The summed E-state index contributed by atoms with van der Waals surface area (Å²) in [5, 5.41) is 2.79. The summed E-state index contributed by atoms with van der Waals surface area (Å²) >= 11 is 0. The first-order valence-corrected chi connectivity index (χ1v) is 15.0. The van der Waals surface area contributed by atoms with E-state index in [-0.39, 0.29) is 41.7 Å². The molecule has 3 aromatic carbocycles. The highest BCUT2D eigenvalue weighted by molar-refractivity contribution is 7.91. The molecule has 1 heterocycles. The van der Waals surface area contributed by atoms with Gasteiger partial charge < -0.3 is 15.0 Å². The topological polar surface area (TPSA) is 75.7 Å². The lowest BCUT2D eigenvalue weighted by molar-refractivity contribution is -0.137. The SMILES string of the molecule is CCS(=O)(=O)c1ccc(CNC(=O)c2ccc(N3CC(c4ccc(C(F)(F)F)cc4)C[C@H]3COCC(F)F)cc2)cc1.